The number of carbonyl (C=O) groups is 3. The number of hydrogen-bond donors (Lipinski definition) is 2. The van der Waals surface area contributed by atoms with E-state index in [2.05, 4.69) is 10.6 Å². The number of nitrogens with one attached hydrogen (secondary N) is 2. The van der Waals surface area contributed by atoms with E-state index < -0.39 is 0 Å². The van der Waals surface area contributed by atoms with Crippen molar-refractivity contribution in [2.75, 3.05) is 17.2 Å². The van der Waals surface area contributed by atoms with Crippen molar-refractivity contribution in [1.29, 1.82) is 0 Å². The molecule has 0 aromatic heterocycles. The topological polar surface area (TPSA) is 84.5 Å². The van der Waals surface area contributed by atoms with Crippen molar-refractivity contribution in [3.8, 4) is 5.75 Å². The molecule has 2 amide bonds. The van der Waals surface area contributed by atoms with E-state index in [4.69, 9.17) is 4.74 Å². The van der Waals surface area contributed by atoms with Crippen LogP contribution in [0.4, 0.5) is 11.4 Å². The summed E-state index contributed by atoms with van der Waals surface area (Å²) in [6.07, 6.45) is 0. The molecule has 168 valence electrons. The Bertz CT molecular complexity index is 1290. The summed E-state index contributed by atoms with van der Waals surface area (Å²) in [5.41, 5.74) is 2.56. The van der Waals surface area contributed by atoms with Gasteiger partial charge in [-0.2, -0.15) is 0 Å². The zero-order valence-corrected chi connectivity index (χ0v) is 18.2. The van der Waals surface area contributed by atoms with Gasteiger partial charge in [-0.1, -0.05) is 48.5 Å². The Morgan fingerprint density at radius 3 is 1.82 bits per heavy atom. The standard InChI is InChI=1S/C28H22N2O4/c31-25(20-15-17-23(18-16-20)29-27(32)21-9-3-1-4-10-21)19-34-26-14-8-7-13-24(26)28(33)30-22-11-5-2-6-12-22/h1-18H,19H2,(H,29,32)(H,30,33). The van der Waals surface area contributed by atoms with Crippen LogP contribution in [0.15, 0.2) is 109 Å². The third kappa shape index (κ3) is 5.75. The lowest BCUT2D eigenvalue weighted by Gasteiger charge is -2.12. The molecular weight excluding hydrogens is 428 g/mol. The average molecular weight is 450 g/mol. The Hall–Kier alpha value is -4.71. The molecule has 0 saturated carbocycles. The number of anilines is 2. The highest BCUT2D eigenvalue weighted by Crippen LogP contribution is 2.20. The van der Waals surface area contributed by atoms with Crippen molar-refractivity contribution >= 4 is 29.0 Å². The summed E-state index contributed by atoms with van der Waals surface area (Å²) >= 11 is 0. The maximum absolute atomic E-state index is 12.7. The summed E-state index contributed by atoms with van der Waals surface area (Å²) in [6, 6.07) is 31.3. The highest BCUT2D eigenvalue weighted by molar-refractivity contribution is 6.06. The van der Waals surface area contributed by atoms with E-state index in [9.17, 15) is 14.4 Å². The first-order valence-electron chi connectivity index (χ1n) is 10.7. The molecule has 0 aliphatic rings. The van der Waals surface area contributed by atoms with Crippen molar-refractivity contribution in [3.05, 3.63) is 126 Å². The van der Waals surface area contributed by atoms with Gasteiger partial charge >= 0.3 is 0 Å². The van der Waals surface area contributed by atoms with Crippen LogP contribution in [-0.2, 0) is 0 Å². The molecule has 6 heteroatoms. The maximum Gasteiger partial charge on any atom is 0.259 e. The molecular formula is C28H22N2O4. The van der Waals surface area contributed by atoms with Gasteiger partial charge < -0.3 is 15.4 Å². The molecule has 0 bridgehead atoms. The second-order valence-corrected chi connectivity index (χ2v) is 7.43. The predicted molar refractivity (Wildman–Crippen MR) is 131 cm³/mol. The SMILES string of the molecule is O=C(COc1ccccc1C(=O)Nc1ccccc1)c1ccc(NC(=O)c2ccccc2)cc1. The molecule has 0 aliphatic heterocycles. The van der Waals surface area contributed by atoms with E-state index in [0.717, 1.165) is 0 Å². The molecule has 2 N–H and O–H groups in total. The molecule has 0 fully saturated rings. The Balaban J connectivity index is 1.37. The quantitative estimate of drug-likeness (QED) is 0.350. The predicted octanol–water partition coefficient (Wildman–Crippen LogP) is 5.45. The van der Waals surface area contributed by atoms with Gasteiger partial charge in [-0.3, -0.25) is 14.4 Å². The zero-order chi connectivity index (χ0) is 23.8. The van der Waals surface area contributed by atoms with Gasteiger partial charge in [0.05, 0.1) is 5.56 Å². The molecule has 34 heavy (non-hydrogen) atoms. The molecule has 0 unspecified atom stereocenters. The number of amides is 2. The van der Waals surface area contributed by atoms with Crippen LogP contribution in [0.5, 0.6) is 5.75 Å². The van der Waals surface area contributed by atoms with Gasteiger partial charge in [0.25, 0.3) is 11.8 Å². The highest BCUT2D eigenvalue weighted by atomic mass is 16.5. The summed E-state index contributed by atoms with van der Waals surface area (Å²) < 4.78 is 5.68. The molecule has 4 rings (SSSR count). The van der Waals surface area contributed by atoms with Crippen LogP contribution in [0.1, 0.15) is 31.1 Å². The van der Waals surface area contributed by atoms with Crippen LogP contribution in [-0.4, -0.2) is 24.2 Å². The fourth-order valence-electron chi connectivity index (χ4n) is 3.26. The fraction of sp³-hybridized carbons (Fsp3) is 0.0357. The number of benzene rings is 4. The number of para-hydroxylation sites is 2. The van der Waals surface area contributed by atoms with Crippen molar-refractivity contribution in [3.63, 3.8) is 0 Å². The minimum absolute atomic E-state index is 0.228. The Labute approximate surface area is 197 Å². The van der Waals surface area contributed by atoms with E-state index in [1.165, 1.54) is 0 Å². The third-order valence-electron chi connectivity index (χ3n) is 5.02. The van der Waals surface area contributed by atoms with Gasteiger partial charge in [0, 0.05) is 22.5 Å². The molecule has 0 heterocycles. The van der Waals surface area contributed by atoms with Crippen LogP contribution in [0, 0.1) is 0 Å². The van der Waals surface area contributed by atoms with Crippen LogP contribution < -0.4 is 15.4 Å². The molecule has 6 nitrogen and oxygen atoms in total. The lowest BCUT2D eigenvalue weighted by atomic mass is 10.1. The first kappa shape index (κ1) is 22.5. The maximum atomic E-state index is 12.7. The van der Waals surface area contributed by atoms with E-state index in [-0.39, 0.29) is 24.2 Å². The number of ketones is 1. The molecule has 0 saturated heterocycles. The summed E-state index contributed by atoms with van der Waals surface area (Å²) in [5.74, 6) is -0.489. The first-order chi connectivity index (χ1) is 16.6. The van der Waals surface area contributed by atoms with Gasteiger partial charge in [-0.15, -0.1) is 0 Å². The van der Waals surface area contributed by atoms with Crippen LogP contribution in [0.25, 0.3) is 0 Å². The van der Waals surface area contributed by atoms with Crippen LogP contribution in [0.2, 0.25) is 0 Å². The summed E-state index contributed by atoms with van der Waals surface area (Å²) in [5, 5.41) is 5.61. The van der Waals surface area contributed by atoms with Gasteiger partial charge in [0.1, 0.15) is 5.75 Å². The van der Waals surface area contributed by atoms with Gasteiger partial charge in [-0.25, -0.2) is 0 Å². The minimum atomic E-state index is -0.326. The van der Waals surface area contributed by atoms with E-state index in [1.54, 1.807) is 84.9 Å². The summed E-state index contributed by atoms with van der Waals surface area (Å²) in [7, 11) is 0. The van der Waals surface area contributed by atoms with E-state index >= 15 is 0 Å². The minimum Gasteiger partial charge on any atom is -0.485 e. The van der Waals surface area contributed by atoms with E-state index in [1.807, 2.05) is 24.3 Å². The van der Waals surface area contributed by atoms with Crippen molar-refractivity contribution < 1.29 is 19.1 Å². The van der Waals surface area contributed by atoms with Gasteiger partial charge in [0.2, 0.25) is 0 Å². The van der Waals surface area contributed by atoms with Gasteiger partial charge in [0.15, 0.2) is 12.4 Å². The molecule has 0 spiro atoms. The van der Waals surface area contributed by atoms with Gasteiger partial charge in [-0.05, 0) is 60.7 Å². The second-order valence-electron chi connectivity index (χ2n) is 7.43. The molecule has 0 aliphatic carbocycles. The normalized spacial score (nSPS) is 10.2. The van der Waals surface area contributed by atoms with Crippen LogP contribution >= 0.6 is 0 Å². The number of rotatable bonds is 8. The molecule has 4 aromatic rings. The van der Waals surface area contributed by atoms with Crippen molar-refractivity contribution in [2.45, 2.75) is 0 Å². The zero-order valence-electron chi connectivity index (χ0n) is 18.2. The summed E-state index contributed by atoms with van der Waals surface area (Å²) in [4.78, 5) is 37.6. The number of Topliss-reactive ketones (excluding diaryl/α,β-unsaturated/α-hetero) is 1. The van der Waals surface area contributed by atoms with Crippen LogP contribution in [0.3, 0.4) is 0 Å². The molecule has 0 atom stereocenters. The monoisotopic (exact) mass is 450 g/mol. The Kier molecular flexibility index (Phi) is 7.10. The first-order valence-corrected chi connectivity index (χ1v) is 10.7. The number of ether oxygens (including phenoxy) is 1. The lowest BCUT2D eigenvalue weighted by molar-refractivity contribution is 0.0914. The number of carbonyl (C=O) groups excluding carboxylic acids is 3. The highest BCUT2D eigenvalue weighted by Gasteiger charge is 2.15. The fourth-order valence-corrected chi connectivity index (χ4v) is 3.26. The van der Waals surface area contributed by atoms with Crippen molar-refractivity contribution in [2.24, 2.45) is 0 Å². The molecule has 0 radical (unpaired) electrons. The summed E-state index contributed by atoms with van der Waals surface area (Å²) in [6.45, 7) is -0.231. The Morgan fingerprint density at radius 2 is 1.12 bits per heavy atom. The third-order valence-corrected chi connectivity index (χ3v) is 5.02. The van der Waals surface area contributed by atoms with E-state index in [0.29, 0.717) is 33.8 Å². The Morgan fingerprint density at radius 1 is 0.559 bits per heavy atom. The lowest BCUT2D eigenvalue weighted by Crippen LogP contribution is -2.16. The smallest absolute Gasteiger partial charge is 0.259 e. The molecule has 4 aromatic carbocycles. The second kappa shape index (κ2) is 10.7. The van der Waals surface area contributed by atoms with Crippen molar-refractivity contribution in [1.82, 2.24) is 0 Å². The average Bonchev–Trinajstić information content (AvgIpc) is 2.89. The largest absolute Gasteiger partial charge is 0.485 e. The number of hydrogen-bond acceptors (Lipinski definition) is 4.